The van der Waals surface area contributed by atoms with Gasteiger partial charge < -0.3 is 0 Å². The molecule has 2 heterocycles. The van der Waals surface area contributed by atoms with E-state index in [0.717, 1.165) is 48.5 Å². The molecule has 1 aliphatic carbocycles. The molecule has 37 heavy (non-hydrogen) atoms. The number of hydroxylamine groups is 2. The lowest BCUT2D eigenvalue weighted by Gasteiger charge is -2.17. The van der Waals surface area contributed by atoms with Crippen LogP contribution in [0.5, 0.6) is 0 Å². The van der Waals surface area contributed by atoms with E-state index in [9.17, 15) is 44.9 Å². The highest BCUT2D eigenvalue weighted by atomic mass is 32.2. The minimum absolute atomic E-state index is 0.0826. The first-order chi connectivity index (χ1) is 17.3. The summed E-state index contributed by atoms with van der Waals surface area (Å²) in [5.74, 6) is -10.9. The molecule has 0 radical (unpaired) electrons. The zero-order chi connectivity index (χ0) is 26.9. The highest BCUT2D eigenvalue weighted by Crippen LogP contribution is 2.50. The number of hydrogen-bond donors (Lipinski definition) is 0. The number of ketones is 1. The zero-order valence-electron chi connectivity index (χ0n) is 18.3. The summed E-state index contributed by atoms with van der Waals surface area (Å²) in [4.78, 5) is 50.5. The topological polar surface area (TPSA) is 161 Å². The van der Waals surface area contributed by atoms with Crippen molar-refractivity contribution in [1.82, 2.24) is 5.06 Å². The van der Waals surface area contributed by atoms with Crippen molar-refractivity contribution in [2.75, 3.05) is 6.54 Å². The highest BCUT2D eigenvalue weighted by molar-refractivity contribution is 7.87. The number of imide groups is 1. The van der Waals surface area contributed by atoms with Crippen molar-refractivity contribution < 1.29 is 53.2 Å². The van der Waals surface area contributed by atoms with Gasteiger partial charge in [0.1, 0.15) is 23.5 Å². The standard InChI is InChI=1S/C21H15F2N2O10S2/c22-10-1-5-12(6-2-10)36(30,31)34-21-16-14(9-24(21)29)15-17(18(16)26)20(28)25(19(15)27)35-37(32,33)13-7-3-11(23)4-8-13/h1-8,14-17,21H,9H2/q+1. The Hall–Kier alpha value is -3.47. The van der Waals surface area contributed by atoms with Gasteiger partial charge in [0.05, 0.1) is 21.6 Å². The van der Waals surface area contributed by atoms with Crippen LogP contribution >= 0.6 is 0 Å². The predicted molar refractivity (Wildman–Crippen MR) is 112 cm³/mol. The fourth-order valence-electron chi connectivity index (χ4n) is 4.82. The van der Waals surface area contributed by atoms with Crippen LogP contribution in [0.3, 0.4) is 0 Å². The monoisotopic (exact) mass is 557 g/mol. The summed E-state index contributed by atoms with van der Waals surface area (Å²) in [5, 5.41) is -0.0826. The number of carbonyl (C=O) groups excluding carboxylic acids is 3. The summed E-state index contributed by atoms with van der Waals surface area (Å²) in [7, 11) is -9.42. The Morgan fingerprint density at radius 2 is 1.30 bits per heavy atom. The van der Waals surface area contributed by atoms with E-state index in [4.69, 9.17) is 4.18 Å². The summed E-state index contributed by atoms with van der Waals surface area (Å²) >= 11 is 0. The molecule has 0 aromatic heterocycles. The third kappa shape index (κ3) is 4.05. The molecule has 2 aliphatic heterocycles. The molecule has 3 aliphatic rings. The Morgan fingerprint density at radius 3 is 1.84 bits per heavy atom. The molecule has 2 aromatic carbocycles. The lowest BCUT2D eigenvalue weighted by atomic mass is 9.90. The predicted octanol–water partition coefficient (Wildman–Crippen LogP) is 0.526. The van der Waals surface area contributed by atoms with Crippen LogP contribution in [-0.2, 0) is 43.1 Å². The Morgan fingerprint density at radius 1 is 0.784 bits per heavy atom. The van der Waals surface area contributed by atoms with Gasteiger partial charge in [-0.2, -0.15) is 21.0 Å². The van der Waals surface area contributed by atoms with Gasteiger partial charge in [0.15, 0.2) is 12.3 Å². The molecule has 0 N–H and O–H groups in total. The molecule has 3 fully saturated rings. The van der Waals surface area contributed by atoms with Gasteiger partial charge in [-0.1, -0.05) is 0 Å². The largest absolute Gasteiger partial charge is 0.329 e. The Labute approximate surface area is 207 Å². The second-order valence-electron chi connectivity index (χ2n) is 8.54. The molecule has 5 rings (SSSR count). The van der Waals surface area contributed by atoms with Crippen LogP contribution in [0.4, 0.5) is 8.78 Å². The van der Waals surface area contributed by atoms with E-state index in [0.29, 0.717) is 0 Å². The lowest BCUT2D eigenvalue weighted by Crippen LogP contribution is -2.39. The van der Waals surface area contributed by atoms with E-state index in [2.05, 4.69) is 4.28 Å². The summed E-state index contributed by atoms with van der Waals surface area (Å²) in [5.41, 5.74) is 0. The quantitative estimate of drug-likeness (QED) is 0.212. The van der Waals surface area contributed by atoms with Gasteiger partial charge in [0, 0.05) is 9.67 Å². The van der Waals surface area contributed by atoms with Crippen molar-refractivity contribution in [3.05, 3.63) is 65.1 Å². The Bertz CT molecular complexity index is 1560. The van der Waals surface area contributed by atoms with Gasteiger partial charge >= 0.3 is 26.5 Å². The average molecular weight is 557 g/mol. The first-order valence-corrected chi connectivity index (χ1v) is 13.4. The minimum atomic E-state index is -4.77. The lowest BCUT2D eigenvalue weighted by molar-refractivity contribution is -0.603. The molecule has 194 valence electrons. The summed E-state index contributed by atoms with van der Waals surface area (Å²) in [6.07, 6.45) is -1.91. The zero-order valence-corrected chi connectivity index (χ0v) is 19.9. The molecule has 0 bridgehead atoms. The number of nitrogens with zero attached hydrogens (tertiary/aromatic N) is 2. The molecule has 2 amide bonds. The molecule has 5 unspecified atom stereocenters. The van der Waals surface area contributed by atoms with E-state index in [1.165, 1.54) is 0 Å². The third-order valence-corrected chi connectivity index (χ3v) is 8.95. The number of Topliss-reactive ketones (excluding diaryl/α,β-unsaturated/α-hetero) is 1. The Kier molecular flexibility index (Phi) is 5.82. The van der Waals surface area contributed by atoms with E-state index in [1.54, 1.807) is 0 Å². The molecule has 2 saturated heterocycles. The first-order valence-electron chi connectivity index (χ1n) is 10.6. The average Bonchev–Trinajstić information content (AvgIpc) is 3.38. The van der Waals surface area contributed by atoms with E-state index in [-0.39, 0.29) is 9.82 Å². The van der Waals surface area contributed by atoms with Crippen molar-refractivity contribution >= 4 is 37.8 Å². The first kappa shape index (κ1) is 25.2. The van der Waals surface area contributed by atoms with Gasteiger partial charge in [0.25, 0.3) is 11.8 Å². The normalized spacial score (nSPS) is 27.6. The van der Waals surface area contributed by atoms with Crippen molar-refractivity contribution in [2.24, 2.45) is 23.7 Å². The minimum Gasteiger partial charge on any atom is -0.298 e. The molecular formula is C21H15F2N2O10S2+. The number of rotatable bonds is 6. The molecule has 2 aromatic rings. The number of fused-ring (bicyclic) bond motifs is 3. The van der Waals surface area contributed by atoms with Gasteiger partial charge in [-0.3, -0.25) is 14.4 Å². The van der Waals surface area contributed by atoms with Crippen molar-refractivity contribution in [3.63, 3.8) is 0 Å². The second kappa shape index (κ2) is 8.54. The van der Waals surface area contributed by atoms with Gasteiger partial charge in [-0.15, -0.1) is 9.35 Å². The number of nitroso groups, excluding NO2 is 1. The summed E-state index contributed by atoms with van der Waals surface area (Å²) in [6, 6.07) is 6.78. The summed E-state index contributed by atoms with van der Waals surface area (Å²) in [6.45, 7) is -0.571. The molecule has 0 spiro atoms. The van der Waals surface area contributed by atoms with Gasteiger partial charge in [0.2, 0.25) is 0 Å². The fraction of sp³-hybridized carbons (Fsp3) is 0.286. The van der Waals surface area contributed by atoms with Crippen molar-refractivity contribution in [2.45, 2.75) is 16.0 Å². The molecule has 12 nitrogen and oxygen atoms in total. The van der Waals surface area contributed by atoms with Crippen molar-refractivity contribution in [1.29, 1.82) is 0 Å². The van der Waals surface area contributed by atoms with Crippen LogP contribution in [-0.4, -0.2) is 57.0 Å². The van der Waals surface area contributed by atoms with Gasteiger partial charge in [-0.25, -0.2) is 8.78 Å². The summed E-state index contributed by atoms with van der Waals surface area (Å²) < 4.78 is 86.3. The molecule has 16 heteroatoms. The maximum absolute atomic E-state index is 13.2. The molecule has 1 saturated carbocycles. The van der Waals surface area contributed by atoms with Crippen LogP contribution in [0.15, 0.2) is 58.3 Å². The van der Waals surface area contributed by atoms with Crippen LogP contribution in [0, 0.1) is 40.2 Å². The van der Waals surface area contributed by atoms with Crippen LogP contribution < -0.4 is 0 Å². The fourth-order valence-corrected chi connectivity index (χ4v) is 6.77. The Balaban J connectivity index is 1.39. The second-order valence-corrected chi connectivity index (χ2v) is 11.6. The molecule has 5 atom stereocenters. The SMILES string of the molecule is O=C1C2C(=O)N(OS(=O)(=O)c3ccc(F)cc3)C(=O)C2C2C[N+](=O)C(OS(=O)(=O)c3ccc(F)cc3)C12. The number of carbonyl (C=O) groups is 3. The molecular weight excluding hydrogens is 542 g/mol. The van der Waals surface area contributed by atoms with Crippen molar-refractivity contribution in [3.8, 4) is 0 Å². The maximum Gasteiger partial charge on any atom is 0.329 e. The third-order valence-electron chi connectivity index (χ3n) is 6.45. The van der Waals surface area contributed by atoms with Crippen LogP contribution in [0.1, 0.15) is 0 Å². The smallest absolute Gasteiger partial charge is 0.298 e. The number of halogens is 2. The van der Waals surface area contributed by atoms with E-state index >= 15 is 0 Å². The van der Waals surface area contributed by atoms with E-state index in [1.807, 2.05) is 0 Å². The van der Waals surface area contributed by atoms with E-state index < -0.39 is 95.7 Å². The van der Waals surface area contributed by atoms with Crippen LogP contribution in [0.25, 0.3) is 0 Å². The number of hydrogen-bond acceptors (Lipinski definition) is 10. The maximum atomic E-state index is 13.2. The highest BCUT2D eigenvalue weighted by Gasteiger charge is 2.73. The number of amides is 2. The number of benzene rings is 2. The van der Waals surface area contributed by atoms with Crippen LogP contribution in [0.2, 0.25) is 0 Å². The van der Waals surface area contributed by atoms with Gasteiger partial charge in [-0.05, 0) is 48.5 Å².